The molecule has 122 valence electrons. The van der Waals surface area contributed by atoms with Gasteiger partial charge in [0.2, 0.25) is 11.8 Å². The number of carbonyl (C=O) groups excluding carboxylic acids is 2. The number of amides is 2. The number of hydrogen-bond donors (Lipinski definition) is 1. The van der Waals surface area contributed by atoms with E-state index in [1.165, 1.54) is 4.90 Å². The number of anilines is 1. The standard InChI is InChI=1S/C16H20N4O3/c1-10-5-6-13(11(2)7-10)17-15(21)8-16(22)20(4)9-14-12(3)18-23-19-14/h5-7H,8-9H2,1-4H3,(H,17,21). The molecule has 0 spiro atoms. The van der Waals surface area contributed by atoms with Crippen molar-refractivity contribution in [1.29, 1.82) is 0 Å². The molecule has 0 aliphatic rings. The van der Waals surface area contributed by atoms with E-state index in [9.17, 15) is 9.59 Å². The lowest BCUT2D eigenvalue weighted by atomic mass is 10.1. The van der Waals surface area contributed by atoms with Crippen LogP contribution >= 0.6 is 0 Å². The molecular formula is C16H20N4O3. The van der Waals surface area contributed by atoms with Gasteiger partial charge in [-0.1, -0.05) is 28.0 Å². The Bertz CT molecular complexity index is 724. The van der Waals surface area contributed by atoms with E-state index in [4.69, 9.17) is 0 Å². The molecule has 1 aromatic heterocycles. The van der Waals surface area contributed by atoms with Gasteiger partial charge in [-0.05, 0) is 32.4 Å². The number of aromatic nitrogens is 2. The molecule has 2 aromatic rings. The van der Waals surface area contributed by atoms with E-state index in [2.05, 4.69) is 20.3 Å². The van der Waals surface area contributed by atoms with E-state index >= 15 is 0 Å². The molecule has 23 heavy (non-hydrogen) atoms. The van der Waals surface area contributed by atoms with Gasteiger partial charge in [-0.3, -0.25) is 9.59 Å². The lowest BCUT2D eigenvalue weighted by molar-refractivity contribution is -0.134. The Hall–Kier alpha value is -2.70. The van der Waals surface area contributed by atoms with E-state index in [0.717, 1.165) is 11.1 Å². The number of nitrogens with one attached hydrogen (secondary N) is 1. The van der Waals surface area contributed by atoms with Gasteiger partial charge in [-0.2, -0.15) is 0 Å². The first-order valence-corrected chi connectivity index (χ1v) is 7.26. The van der Waals surface area contributed by atoms with Crippen molar-refractivity contribution in [3.05, 3.63) is 40.7 Å². The summed E-state index contributed by atoms with van der Waals surface area (Å²) in [6.07, 6.45) is -0.228. The number of hydrogen-bond acceptors (Lipinski definition) is 5. The number of nitrogens with zero attached hydrogens (tertiary/aromatic N) is 3. The fourth-order valence-corrected chi connectivity index (χ4v) is 2.13. The van der Waals surface area contributed by atoms with Crippen molar-refractivity contribution in [2.45, 2.75) is 33.7 Å². The molecule has 0 saturated heterocycles. The summed E-state index contributed by atoms with van der Waals surface area (Å²) in [5.41, 5.74) is 4.00. The van der Waals surface area contributed by atoms with E-state index in [1.807, 2.05) is 32.0 Å². The Balaban J connectivity index is 1.91. The Kier molecular flexibility index (Phi) is 5.10. The minimum Gasteiger partial charge on any atom is -0.339 e. The molecule has 0 saturated carbocycles. The second kappa shape index (κ2) is 7.04. The molecule has 0 fully saturated rings. The number of carbonyl (C=O) groups is 2. The van der Waals surface area contributed by atoms with Gasteiger partial charge in [0.25, 0.3) is 0 Å². The van der Waals surface area contributed by atoms with Gasteiger partial charge in [0, 0.05) is 12.7 Å². The van der Waals surface area contributed by atoms with Crippen molar-refractivity contribution in [3.8, 4) is 0 Å². The van der Waals surface area contributed by atoms with E-state index in [-0.39, 0.29) is 24.8 Å². The second-order valence-corrected chi connectivity index (χ2v) is 5.59. The van der Waals surface area contributed by atoms with Crippen LogP contribution in [0.3, 0.4) is 0 Å². The minimum atomic E-state index is -0.344. The average molecular weight is 316 g/mol. The molecular weight excluding hydrogens is 296 g/mol. The summed E-state index contributed by atoms with van der Waals surface area (Å²) in [5.74, 6) is -0.640. The summed E-state index contributed by atoms with van der Waals surface area (Å²) in [6, 6.07) is 5.72. The smallest absolute Gasteiger partial charge is 0.233 e. The first-order valence-electron chi connectivity index (χ1n) is 7.26. The first-order chi connectivity index (χ1) is 10.9. The van der Waals surface area contributed by atoms with Crippen molar-refractivity contribution in [2.75, 3.05) is 12.4 Å². The summed E-state index contributed by atoms with van der Waals surface area (Å²) < 4.78 is 4.59. The highest BCUT2D eigenvalue weighted by Gasteiger charge is 2.17. The molecule has 0 aliphatic carbocycles. The largest absolute Gasteiger partial charge is 0.339 e. The van der Waals surface area contributed by atoms with Crippen LogP contribution in [-0.2, 0) is 16.1 Å². The fraction of sp³-hybridized carbons (Fsp3) is 0.375. The molecule has 0 unspecified atom stereocenters. The molecule has 1 N–H and O–H groups in total. The van der Waals surface area contributed by atoms with Crippen LogP contribution in [0.4, 0.5) is 5.69 Å². The van der Waals surface area contributed by atoms with Gasteiger partial charge in [0.05, 0.1) is 6.54 Å². The third-order valence-electron chi connectivity index (χ3n) is 3.53. The topological polar surface area (TPSA) is 88.3 Å². The third kappa shape index (κ3) is 4.38. The SMILES string of the molecule is Cc1ccc(NC(=O)CC(=O)N(C)Cc2nonc2C)c(C)c1. The van der Waals surface area contributed by atoms with Crippen LogP contribution < -0.4 is 5.32 Å². The Morgan fingerprint density at radius 1 is 1.22 bits per heavy atom. The molecule has 0 radical (unpaired) electrons. The maximum Gasteiger partial charge on any atom is 0.233 e. The fourth-order valence-electron chi connectivity index (χ4n) is 2.13. The maximum absolute atomic E-state index is 12.1. The van der Waals surface area contributed by atoms with Gasteiger partial charge >= 0.3 is 0 Å². The van der Waals surface area contributed by atoms with Crippen LogP contribution in [0.2, 0.25) is 0 Å². The molecule has 0 aliphatic heterocycles. The number of aryl methyl sites for hydroxylation is 3. The van der Waals surface area contributed by atoms with E-state index < -0.39 is 0 Å². The van der Waals surface area contributed by atoms with Crippen molar-refractivity contribution >= 4 is 17.5 Å². The van der Waals surface area contributed by atoms with Gasteiger partial charge < -0.3 is 10.2 Å². The summed E-state index contributed by atoms with van der Waals surface area (Å²) in [7, 11) is 1.61. The van der Waals surface area contributed by atoms with Crippen LogP contribution in [0.1, 0.15) is 28.9 Å². The predicted molar refractivity (Wildman–Crippen MR) is 84.7 cm³/mol. The molecule has 2 rings (SSSR count). The Labute approximate surface area is 134 Å². The minimum absolute atomic E-state index is 0.228. The van der Waals surface area contributed by atoms with Gasteiger partial charge in [-0.15, -0.1) is 0 Å². The van der Waals surface area contributed by atoms with Gasteiger partial charge in [0.1, 0.15) is 17.8 Å². The monoisotopic (exact) mass is 316 g/mol. The Morgan fingerprint density at radius 3 is 2.57 bits per heavy atom. The van der Waals surface area contributed by atoms with E-state index in [0.29, 0.717) is 17.1 Å². The second-order valence-electron chi connectivity index (χ2n) is 5.59. The molecule has 0 atom stereocenters. The number of rotatable bonds is 5. The van der Waals surface area contributed by atoms with Crippen LogP contribution in [0, 0.1) is 20.8 Å². The lowest BCUT2D eigenvalue weighted by Crippen LogP contribution is -2.30. The van der Waals surface area contributed by atoms with Gasteiger partial charge in [0.15, 0.2) is 0 Å². The molecule has 1 heterocycles. The van der Waals surface area contributed by atoms with Crippen LogP contribution in [0.25, 0.3) is 0 Å². The maximum atomic E-state index is 12.1. The van der Waals surface area contributed by atoms with E-state index in [1.54, 1.807) is 14.0 Å². The summed E-state index contributed by atoms with van der Waals surface area (Å²) in [4.78, 5) is 25.6. The van der Waals surface area contributed by atoms with Crippen molar-refractivity contribution in [3.63, 3.8) is 0 Å². The number of benzene rings is 1. The van der Waals surface area contributed by atoms with Crippen LogP contribution in [-0.4, -0.2) is 34.1 Å². The van der Waals surface area contributed by atoms with Crippen LogP contribution in [0.5, 0.6) is 0 Å². The van der Waals surface area contributed by atoms with Gasteiger partial charge in [-0.25, -0.2) is 4.63 Å². The zero-order valence-electron chi connectivity index (χ0n) is 13.7. The molecule has 2 amide bonds. The lowest BCUT2D eigenvalue weighted by Gasteiger charge is -2.16. The predicted octanol–water partition coefficient (Wildman–Crippen LogP) is 1.98. The Morgan fingerprint density at radius 2 is 1.96 bits per heavy atom. The van der Waals surface area contributed by atoms with Crippen molar-refractivity contribution < 1.29 is 14.2 Å². The molecule has 1 aromatic carbocycles. The normalized spacial score (nSPS) is 10.4. The highest BCUT2D eigenvalue weighted by molar-refractivity contribution is 6.03. The zero-order valence-corrected chi connectivity index (χ0v) is 13.7. The van der Waals surface area contributed by atoms with Crippen molar-refractivity contribution in [2.24, 2.45) is 0 Å². The molecule has 7 heteroatoms. The summed E-state index contributed by atoms with van der Waals surface area (Å²) in [6.45, 7) is 5.90. The highest BCUT2D eigenvalue weighted by Crippen LogP contribution is 2.16. The summed E-state index contributed by atoms with van der Waals surface area (Å²) >= 11 is 0. The molecule has 7 nitrogen and oxygen atoms in total. The van der Waals surface area contributed by atoms with Crippen LogP contribution in [0.15, 0.2) is 22.8 Å². The zero-order chi connectivity index (χ0) is 17.0. The third-order valence-corrected chi connectivity index (χ3v) is 3.53. The average Bonchev–Trinajstić information content (AvgIpc) is 2.87. The first kappa shape index (κ1) is 16.7. The molecule has 0 bridgehead atoms. The quantitative estimate of drug-likeness (QED) is 0.852. The highest BCUT2D eigenvalue weighted by atomic mass is 16.6. The van der Waals surface area contributed by atoms with Crippen molar-refractivity contribution in [1.82, 2.24) is 15.2 Å². The summed E-state index contributed by atoms with van der Waals surface area (Å²) in [5, 5.41) is 10.1.